The number of carbonyl (C=O) groups is 2. The molecular weight excluding hydrogens is 518 g/mol. The molecule has 3 aromatic heterocycles. The van der Waals surface area contributed by atoms with Crippen LogP contribution in [0.3, 0.4) is 0 Å². The molecule has 1 atom stereocenters. The number of hydrogen-bond donors (Lipinski definition) is 1. The molecule has 11 heteroatoms. The average molecular weight is 546 g/mol. The summed E-state index contributed by atoms with van der Waals surface area (Å²) >= 11 is 9.35. The number of ketones is 1. The van der Waals surface area contributed by atoms with Crippen molar-refractivity contribution in [1.82, 2.24) is 19.9 Å². The van der Waals surface area contributed by atoms with E-state index >= 15 is 0 Å². The highest BCUT2D eigenvalue weighted by atomic mass is 35.5. The van der Waals surface area contributed by atoms with Gasteiger partial charge in [-0.25, -0.2) is 15.0 Å². The van der Waals surface area contributed by atoms with Crippen molar-refractivity contribution in [2.24, 2.45) is 5.92 Å². The number of Topliss-reactive ketones (excluding diaryl/α,β-unsaturated/α-hetero) is 1. The minimum absolute atomic E-state index is 0.121. The Labute approximate surface area is 223 Å². The third-order valence-corrected chi connectivity index (χ3v) is 9.31. The Balaban J connectivity index is 1.28. The summed E-state index contributed by atoms with van der Waals surface area (Å²) in [5, 5.41) is 12.6. The molecule has 3 aromatic rings. The molecule has 2 fully saturated rings. The van der Waals surface area contributed by atoms with Gasteiger partial charge < -0.3 is 10.0 Å². The molecule has 8 nitrogen and oxygen atoms in total. The van der Waals surface area contributed by atoms with E-state index in [4.69, 9.17) is 16.6 Å². The minimum Gasteiger partial charge on any atom is -0.481 e. The fraction of sp³-hybridized carbons (Fsp3) is 0.480. The number of hydrogen-bond acceptors (Lipinski definition) is 9. The number of carboxylic acids is 1. The van der Waals surface area contributed by atoms with Crippen LogP contribution in [0.1, 0.15) is 53.0 Å². The van der Waals surface area contributed by atoms with E-state index in [2.05, 4.69) is 21.8 Å². The van der Waals surface area contributed by atoms with Gasteiger partial charge in [-0.2, -0.15) is 0 Å². The lowest BCUT2D eigenvalue weighted by Crippen LogP contribution is -2.36. The number of piperidine rings is 1. The number of thiophene rings is 1. The van der Waals surface area contributed by atoms with Crippen molar-refractivity contribution in [2.45, 2.75) is 51.6 Å². The Morgan fingerprint density at radius 1 is 1.17 bits per heavy atom. The molecule has 0 aliphatic carbocycles. The third kappa shape index (κ3) is 5.61. The molecule has 0 bridgehead atoms. The quantitative estimate of drug-likeness (QED) is 0.394. The second-order valence-corrected chi connectivity index (χ2v) is 11.9. The van der Waals surface area contributed by atoms with Crippen LogP contribution in [0.5, 0.6) is 0 Å². The van der Waals surface area contributed by atoms with Crippen LogP contribution in [0.25, 0.3) is 10.6 Å². The predicted octanol–water partition coefficient (Wildman–Crippen LogP) is 5.03. The molecule has 5 rings (SSSR count). The SMILES string of the molecule is C[C@@H]1CCCN1Cc1sc(CC(=O)c2cnc(N3CCC(C(=O)O)CC3)cn2)nc1-c1cc(Cl)cs1. The van der Waals surface area contributed by atoms with Crippen molar-refractivity contribution in [2.75, 3.05) is 24.5 Å². The smallest absolute Gasteiger partial charge is 0.306 e. The predicted molar refractivity (Wildman–Crippen MR) is 142 cm³/mol. The van der Waals surface area contributed by atoms with Crippen LogP contribution < -0.4 is 4.90 Å². The van der Waals surface area contributed by atoms with Crippen molar-refractivity contribution >= 4 is 51.8 Å². The van der Waals surface area contributed by atoms with Crippen LogP contribution in [0.2, 0.25) is 5.02 Å². The summed E-state index contributed by atoms with van der Waals surface area (Å²) in [6.07, 6.45) is 6.87. The van der Waals surface area contributed by atoms with E-state index in [1.165, 1.54) is 19.0 Å². The fourth-order valence-electron chi connectivity index (χ4n) is 4.84. The first-order chi connectivity index (χ1) is 17.4. The van der Waals surface area contributed by atoms with Crippen LogP contribution >= 0.6 is 34.3 Å². The normalized spacial score (nSPS) is 19.2. The molecule has 0 aromatic carbocycles. The Kier molecular flexibility index (Phi) is 7.66. The molecule has 0 saturated carbocycles. The number of carbonyl (C=O) groups excluding carboxylic acids is 1. The molecule has 1 N–H and O–H groups in total. The van der Waals surface area contributed by atoms with Gasteiger partial charge in [-0.1, -0.05) is 11.6 Å². The Morgan fingerprint density at radius 3 is 2.58 bits per heavy atom. The number of aromatic nitrogens is 3. The molecule has 0 spiro atoms. The van der Waals surface area contributed by atoms with Gasteiger partial charge in [0.15, 0.2) is 5.78 Å². The summed E-state index contributed by atoms with van der Waals surface area (Å²) in [4.78, 5) is 44.6. The zero-order valence-corrected chi connectivity index (χ0v) is 22.4. The first-order valence-electron chi connectivity index (χ1n) is 12.2. The monoisotopic (exact) mass is 545 g/mol. The third-order valence-electron chi connectivity index (χ3n) is 6.98. The number of likely N-dealkylation sites (tertiary alicyclic amines) is 1. The van der Waals surface area contributed by atoms with Gasteiger partial charge in [0.05, 0.1) is 40.3 Å². The number of nitrogens with zero attached hydrogens (tertiary/aromatic N) is 5. The summed E-state index contributed by atoms with van der Waals surface area (Å²) in [6, 6.07) is 2.48. The van der Waals surface area contributed by atoms with E-state index in [0.717, 1.165) is 33.5 Å². The topological polar surface area (TPSA) is 99.5 Å². The van der Waals surface area contributed by atoms with Crippen LogP contribution in [0.4, 0.5) is 5.82 Å². The van der Waals surface area contributed by atoms with Crippen LogP contribution in [-0.2, 0) is 17.8 Å². The zero-order chi connectivity index (χ0) is 25.2. The Bertz CT molecular complexity index is 1240. The van der Waals surface area contributed by atoms with Gasteiger partial charge in [0.25, 0.3) is 0 Å². The second kappa shape index (κ2) is 10.9. The molecule has 190 valence electrons. The molecule has 0 radical (unpaired) electrons. The molecule has 2 saturated heterocycles. The van der Waals surface area contributed by atoms with E-state index < -0.39 is 5.97 Å². The lowest BCUT2D eigenvalue weighted by atomic mass is 9.97. The lowest BCUT2D eigenvalue weighted by Gasteiger charge is -2.30. The van der Waals surface area contributed by atoms with Crippen molar-refractivity contribution < 1.29 is 14.7 Å². The van der Waals surface area contributed by atoms with Crippen LogP contribution in [-0.4, -0.2) is 62.4 Å². The van der Waals surface area contributed by atoms with Gasteiger partial charge in [0, 0.05) is 35.9 Å². The summed E-state index contributed by atoms with van der Waals surface area (Å²) in [6.45, 7) is 5.40. The van der Waals surface area contributed by atoms with Crippen molar-refractivity contribution in [3.63, 3.8) is 0 Å². The molecule has 36 heavy (non-hydrogen) atoms. The molecular formula is C25H28ClN5O3S2. The standard InChI is InChI=1S/C25H28ClN5O3S2/c1-15-3-2-6-31(15)13-21-24(20-9-17(26)14-35-20)29-23(36-21)10-19(32)18-11-28-22(12-27-18)30-7-4-16(5-8-30)25(33)34/h9,11-12,14-16H,2-8,10,13H2,1H3,(H,33,34)/t15-/m1/s1. The number of aliphatic carboxylic acids is 1. The lowest BCUT2D eigenvalue weighted by molar-refractivity contribution is -0.142. The largest absolute Gasteiger partial charge is 0.481 e. The molecule has 0 unspecified atom stereocenters. The highest BCUT2D eigenvalue weighted by Gasteiger charge is 2.26. The van der Waals surface area contributed by atoms with Gasteiger partial charge in [0.2, 0.25) is 0 Å². The van der Waals surface area contributed by atoms with Gasteiger partial charge in [-0.15, -0.1) is 22.7 Å². The number of thiazole rings is 1. The number of rotatable bonds is 8. The summed E-state index contributed by atoms with van der Waals surface area (Å²) in [7, 11) is 0. The molecule has 2 aliphatic rings. The Hall–Kier alpha value is -2.40. The summed E-state index contributed by atoms with van der Waals surface area (Å²) in [5.74, 6) is -0.498. The highest BCUT2D eigenvalue weighted by molar-refractivity contribution is 7.15. The zero-order valence-electron chi connectivity index (χ0n) is 20.0. The number of carboxylic acid groups (broad SMARTS) is 1. The van der Waals surface area contributed by atoms with Crippen LogP contribution in [0.15, 0.2) is 23.8 Å². The average Bonchev–Trinajstić information content (AvgIpc) is 3.60. The first-order valence-corrected chi connectivity index (χ1v) is 14.2. The van der Waals surface area contributed by atoms with Crippen molar-refractivity contribution in [3.8, 4) is 10.6 Å². The van der Waals surface area contributed by atoms with Crippen LogP contribution in [0, 0.1) is 5.92 Å². The van der Waals surface area contributed by atoms with Crippen molar-refractivity contribution in [1.29, 1.82) is 0 Å². The maximum absolute atomic E-state index is 13.0. The maximum atomic E-state index is 13.0. The van der Waals surface area contributed by atoms with Gasteiger partial charge in [-0.3, -0.25) is 14.5 Å². The number of halogens is 1. The van der Waals surface area contributed by atoms with Gasteiger partial charge >= 0.3 is 5.97 Å². The van der Waals surface area contributed by atoms with Crippen molar-refractivity contribution in [3.05, 3.63) is 44.4 Å². The van der Waals surface area contributed by atoms with Gasteiger partial charge in [0.1, 0.15) is 16.5 Å². The van der Waals surface area contributed by atoms with E-state index in [1.54, 1.807) is 28.9 Å². The summed E-state index contributed by atoms with van der Waals surface area (Å²) < 4.78 is 0. The number of anilines is 1. The van der Waals surface area contributed by atoms with Gasteiger partial charge in [-0.05, 0) is 45.2 Å². The minimum atomic E-state index is -0.743. The Morgan fingerprint density at radius 2 is 1.97 bits per heavy atom. The summed E-state index contributed by atoms with van der Waals surface area (Å²) in [5.41, 5.74) is 1.23. The molecule has 5 heterocycles. The molecule has 0 amide bonds. The first kappa shape index (κ1) is 25.3. The highest BCUT2D eigenvalue weighted by Crippen LogP contribution is 2.36. The van der Waals surface area contributed by atoms with E-state index in [1.807, 2.05) is 16.3 Å². The molecule has 2 aliphatic heterocycles. The second-order valence-electron chi connectivity index (χ2n) is 9.43. The maximum Gasteiger partial charge on any atom is 0.306 e. The fourth-order valence-corrected chi connectivity index (χ4v) is 7.10. The van der Waals surface area contributed by atoms with E-state index in [0.29, 0.717) is 48.5 Å². The van der Waals surface area contributed by atoms with E-state index in [9.17, 15) is 14.7 Å². The van der Waals surface area contributed by atoms with E-state index in [-0.39, 0.29) is 18.1 Å².